The van der Waals surface area contributed by atoms with E-state index < -0.39 is 10.0 Å². The third-order valence-electron chi connectivity index (χ3n) is 3.16. The van der Waals surface area contributed by atoms with E-state index in [1.165, 1.54) is 12.1 Å². The van der Waals surface area contributed by atoms with Crippen molar-refractivity contribution >= 4 is 21.9 Å². The second-order valence-electron chi connectivity index (χ2n) is 4.84. The topological polar surface area (TPSA) is 103 Å². The molecule has 0 unspecified atom stereocenters. The van der Waals surface area contributed by atoms with Crippen LogP contribution in [0.5, 0.6) is 11.5 Å². The maximum atomic E-state index is 11.2. The van der Waals surface area contributed by atoms with Crippen LogP contribution in [0.2, 0.25) is 0 Å². The number of nitrogens with one attached hydrogen (secondary N) is 1. The van der Waals surface area contributed by atoms with E-state index in [1.54, 1.807) is 18.3 Å². The van der Waals surface area contributed by atoms with Crippen molar-refractivity contribution in [3.8, 4) is 11.5 Å². The van der Waals surface area contributed by atoms with Crippen LogP contribution in [-0.2, 0) is 10.0 Å². The molecule has 0 fully saturated rings. The lowest BCUT2D eigenvalue weighted by atomic mass is 10.2. The summed E-state index contributed by atoms with van der Waals surface area (Å²) < 4.78 is 33.3. The van der Waals surface area contributed by atoms with Crippen LogP contribution >= 0.6 is 0 Å². The molecule has 3 rings (SSSR count). The molecule has 0 radical (unpaired) electrons. The summed E-state index contributed by atoms with van der Waals surface area (Å²) in [6.07, 6.45) is 1.63. The first-order valence-electron chi connectivity index (χ1n) is 6.84. The van der Waals surface area contributed by atoms with E-state index in [-0.39, 0.29) is 4.90 Å². The summed E-state index contributed by atoms with van der Waals surface area (Å²) in [6.45, 7) is 1.08. The van der Waals surface area contributed by atoms with Crippen molar-refractivity contribution in [2.45, 2.75) is 4.90 Å². The second-order valence-corrected chi connectivity index (χ2v) is 6.40. The average molecular weight is 333 g/mol. The second kappa shape index (κ2) is 6.27. The van der Waals surface area contributed by atoms with E-state index in [1.807, 2.05) is 18.2 Å². The highest BCUT2D eigenvalue weighted by Crippen LogP contribution is 2.30. The van der Waals surface area contributed by atoms with E-state index in [0.29, 0.717) is 24.7 Å². The molecule has 1 aliphatic heterocycles. The molecule has 0 bridgehead atoms. The van der Waals surface area contributed by atoms with Crippen molar-refractivity contribution in [2.75, 3.05) is 18.6 Å². The van der Waals surface area contributed by atoms with Crippen molar-refractivity contribution in [1.29, 1.82) is 0 Å². The van der Waals surface area contributed by atoms with Gasteiger partial charge in [0.15, 0.2) is 11.5 Å². The first-order chi connectivity index (χ1) is 11.0. The van der Waals surface area contributed by atoms with E-state index in [0.717, 1.165) is 11.3 Å². The van der Waals surface area contributed by atoms with Crippen molar-refractivity contribution < 1.29 is 17.9 Å². The molecular weight excluding hydrogens is 318 g/mol. The zero-order valence-electron chi connectivity index (χ0n) is 12.1. The van der Waals surface area contributed by atoms with Gasteiger partial charge in [-0.15, -0.1) is 0 Å². The van der Waals surface area contributed by atoms with Gasteiger partial charge < -0.3 is 9.47 Å². The monoisotopic (exact) mass is 333 g/mol. The van der Waals surface area contributed by atoms with Gasteiger partial charge in [-0.2, -0.15) is 5.10 Å². The largest absolute Gasteiger partial charge is 0.486 e. The van der Waals surface area contributed by atoms with Crippen LogP contribution in [0.15, 0.2) is 52.5 Å². The smallest absolute Gasteiger partial charge is 0.238 e. The molecule has 2 aromatic carbocycles. The summed E-state index contributed by atoms with van der Waals surface area (Å²) in [7, 11) is -3.68. The predicted molar refractivity (Wildman–Crippen MR) is 86.5 cm³/mol. The summed E-state index contributed by atoms with van der Waals surface area (Å²) in [4.78, 5) is 0.0545. The van der Waals surface area contributed by atoms with Gasteiger partial charge in [-0.1, -0.05) is 0 Å². The minimum atomic E-state index is -3.68. The molecule has 0 aromatic heterocycles. The Bertz CT molecular complexity index is 832. The van der Waals surface area contributed by atoms with Gasteiger partial charge >= 0.3 is 0 Å². The van der Waals surface area contributed by atoms with E-state index in [4.69, 9.17) is 14.6 Å². The standard InChI is InChI=1S/C15H15N3O4S/c16-23(19,20)13-4-2-12(3-5-13)18-17-10-11-1-6-14-15(9-11)22-8-7-21-14/h1-6,9-10,18H,7-8H2,(H2,16,19,20)/b17-10+. The molecule has 1 aliphatic rings. The SMILES string of the molecule is NS(=O)(=O)c1ccc(N/N=C/c2ccc3c(c2)OCCO3)cc1. The van der Waals surface area contributed by atoms with Gasteiger partial charge in [0.2, 0.25) is 10.0 Å². The van der Waals surface area contributed by atoms with Gasteiger partial charge in [0.1, 0.15) is 13.2 Å². The Balaban J connectivity index is 1.67. The number of nitrogens with zero attached hydrogens (tertiary/aromatic N) is 1. The van der Waals surface area contributed by atoms with Crippen LogP contribution in [0.25, 0.3) is 0 Å². The Morgan fingerprint density at radius 1 is 1.04 bits per heavy atom. The van der Waals surface area contributed by atoms with Gasteiger partial charge in [0, 0.05) is 0 Å². The molecule has 0 saturated heterocycles. The molecule has 0 aliphatic carbocycles. The summed E-state index contributed by atoms with van der Waals surface area (Å²) in [5.74, 6) is 1.41. The lowest BCUT2D eigenvalue weighted by Gasteiger charge is -2.18. The minimum absolute atomic E-state index is 0.0545. The number of rotatable bonds is 4. The van der Waals surface area contributed by atoms with Gasteiger partial charge in [-0.3, -0.25) is 5.43 Å². The molecule has 0 atom stereocenters. The molecule has 0 saturated carbocycles. The Hall–Kier alpha value is -2.58. The Labute approximate surface area is 133 Å². The molecular formula is C15H15N3O4S. The van der Waals surface area contributed by atoms with Gasteiger partial charge in [-0.25, -0.2) is 13.6 Å². The third kappa shape index (κ3) is 3.79. The lowest BCUT2D eigenvalue weighted by molar-refractivity contribution is 0.171. The fourth-order valence-corrected chi connectivity index (χ4v) is 2.56. The number of sulfonamides is 1. The van der Waals surface area contributed by atoms with Crippen LogP contribution in [-0.4, -0.2) is 27.8 Å². The number of anilines is 1. The van der Waals surface area contributed by atoms with Crippen molar-refractivity contribution in [3.05, 3.63) is 48.0 Å². The number of hydrazone groups is 1. The average Bonchev–Trinajstić information content (AvgIpc) is 2.54. The molecule has 2 aromatic rings. The normalized spacial score (nSPS) is 14.0. The highest BCUT2D eigenvalue weighted by molar-refractivity contribution is 7.89. The molecule has 3 N–H and O–H groups in total. The summed E-state index contributed by atoms with van der Waals surface area (Å²) in [6, 6.07) is 11.5. The number of hydrogen-bond acceptors (Lipinski definition) is 6. The molecule has 1 heterocycles. The Morgan fingerprint density at radius 2 is 1.74 bits per heavy atom. The maximum absolute atomic E-state index is 11.2. The summed E-state index contributed by atoms with van der Waals surface area (Å²) >= 11 is 0. The fraction of sp³-hybridized carbons (Fsp3) is 0.133. The van der Waals surface area contributed by atoms with Gasteiger partial charge in [-0.05, 0) is 48.0 Å². The zero-order valence-corrected chi connectivity index (χ0v) is 12.9. The first kappa shape index (κ1) is 15.3. The number of primary sulfonamides is 1. The van der Waals surface area contributed by atoms with E-state index in [2.05, 4.69) is 10.5 Å². The van der Waals surface area contributed by atoms with Crippen molar-refractivity contribution in [2.24, 2.45) is 10.2 Å². The van der Waals surface area contributed by atoms with E-state index >= 15 is 0 Å². The predicted octanol–water partition coefficient (Wildman–Crippen LogP) is 1.55. The summed E-state index contributed by atoms with van der Waals surface area (Å²) in [5, 5.41) is 9.14. The number of fused-ring (bicyclic) bond motifs is 1. The maximum Gasteiger partial charge on any atom is 0.238 e. The zero-order chi connectivity index (χ0) is 16.3. The number of benzene rings is 2. The van der Waals surface area contributed by atoms with Crippen LogP contribution < -0.4 is 20.0 Å². The van der Waals surface area contributed by atoms with Crippen LogP contribution in [0.3, 0.4) is 0 Å². The summed E-state index contributed by atoms with van der Waals surface area (Å²) in [5.41, 5.74) is 4.31. The quantitative estimate of drug-likeness (QED) is 0.653. The van der Waals surface area contributed by atoms with Crippen LogP contribution in [0.4, 0.5) is 5.69 Å². The molecule has 7 nitrogen and oxygen atoms in total. The molecule has 120 valence electrons. The molecule has 23 heavy (non-hydrogen) atoms. The molecule has 8 heteroatoms. The molecule has 0 amide bonds. The fourth-order valence-electron chi connectivity index (χ4n) is 2.04. The molecule has 0 spiro atoms. The first-order valence-corrected chi connectivity index (χ1v) is 8.38. The Morgan fingerprint density at radius 3 is 2.43 bits per heavy atom. The highest BCUT2D eigenvalue weighted by atomic mass is 32.2. The van der Waals surface area contributed by atoms with Crippen molar-refractivity contribution in [1.82, 2.24) is 0 Å². The van der Waals surface area contributed by atoms with Gasteiger partial charge in [0.25, 0.3) is 0 Å². The van der Waals surface area contributed by atoms with Crippen molar-refractivity contribution in [3.63, 3.8) is 0 Å². The third-order valence-corrected chi connectivity index (χ3v) is 4.09. The lowest BCUT2D eigenvalue weighted by Crippen LogP contribution is -2.15. The number of nitrogens with two attached hydrogens (primary N) is 1. The number of ether oxygens (including phenoxy) is 2. The highest BCUT2D eigenvalue weighted by Gasteiger charge is 2.10. The Kier molecular flexibility index (Phi) is 4.18. The van der Waals surface area contributed by atoms with E-state index in [9.17, 15) is 8.42 Å². The van der Waals surface area contributed by atoms with Gasteiger partial charge in [0.05, 0.1) is 16.8 Å². The minimum Gasteiger partial charge on any atom is -0.486 e. The number of hydrogen-bond donors (Lipinski definition) is 2. The van der Waals surface area contributed by atoms with Crippen LogP contribution in [0, 0.1) is 0 Å². The van der Waals surface area contributed by atoms with Crippen LogP contribution in [0.1, 0.15) is 5.56 Å².